The molecule has 0 aliphatic carbocycles. The largest absolute Gasteiger partial charge is 0.494 e. The maximum atomic E-state index is 12.8. The molecule has 33 heavy (non-hydrogen) atoms. The van der Waals surface area contributed by atoms with Crippen LogP contribution in [0.3, 0.4) is 0 Å². The number of carbonyl (C=O) groups is 3. The topological polar surface area (TPSA) is 134 Å². The Morgan fingerprint density at radius 1 is 0.970 bits per heavy atom. The highest BCUT2D eigenvalue weighted by Gasteiger charge is 2.16. The van der Waals surface area contributed by atoms with Crippen molar-refractivity contribution in [2.75, 3.05) is 33.0 Å². The van der Waals surface area contributed by atoms with Crippen LogP contribution in [0, 0.1) is 0 Å². The van der Waals surface area contributed by atoms with E-state index in [0.29, 0.717) is 42.4 Å². The second kappa shape index (κ2) is 12.9. The maximum absolute atomic E-state index is 12.8. The summed E-state index contributed by atoms with van der Waals surface area (Å²) in [6, 6.07) is 9.40. The van der Waals surface area contributed by atoms with Crippen molar-refractivity contribution in [3.8, 4) is 17.2 Å². The molecule has 0 atom stereocenters. The highest BCUT2D eigenvalue weighted by atomic mass is 16.5. The van der Waals surface area contributed by atoms with Crippen molar-refractivity contribution in [2.24, 2.45) is 5.73 Å². The highest BCUT2D eigenvalue weighted by molar-refractivity contribution is 6.07. The van der Waals surface area contributed by atoms with Crippen LogP contribution in [0.15, 0.2) is 42.5 Å². The minimum absolute atomic E-state index is 0.0588. The number of hydrogen-bond donors (Lipinski definition) is 2. The number of hydrogen-bond acceptors (Lipinski definition) is 8. The molecule has 0 unspecified atom stereocenters. The molecule has 9 nitrogen and oxygen atoms in total. The number of nitrogens with two attached hydrogens (primary N) is 1. The van der Waals surface area contributed by atoms with E-state index in [1.807, 2.05) is 6.92 Å². The van der Waals surface area contributed by atoms with Crippen molar-refractivity contribution in [3.05, 3.63) is 59.2 Å². The summed E-state index contributed by atoms with van der Waals surface area (Å²) < 4.78 is 21.2. The van der Waals surface area contributed by atoms with E-state index in [2.05, 4.69) is 0 Å². The van der Waals surface area contributed by atoms with Gasteiger partial charge >= 0.3 is 11.9 Å². The van der Waals surface area contributed by atoms with Gasteiger partial charge in [0.1, 0.15) is 29.4 Å². The Bertz CT molecular complexity index is 1020. The monoisotopic (exact) mass is 457 g/mol. The summed E-state index contributed by atoms with van der Waals surface area (Å²) >= 11 is 0. The second-order valence-corrected chi connectivity index (χ2v) is 6.62. The SMILES string of the molecule is CCOC(=O)c1cc(/C=C/C(=O)c2cc(OCC)cc(OCCN)c2)ccc1OCC(=O)O. The van der Waals surface area contributed by atoms with Crippen molar-refractivity contribution in [3.63, 3.8) is 0 Å². The molecule has 2 aromatic rings. The van der Waals surface area contributed by atoms with Gasteiger partial charge in [0.05, 0.1) is 13.2 Å². The smallest absolute Gasteiger partial charge is 0.341 e. The maximum Gasteiger partial charge on any atom is 0.341 e. The molecule has 3 N–H and O–H groups in total. The van der Waals surface area contributed by atoms with Crippen molar-refractivity contribution < 1.29 is 38.4 Å². The Balaban J connectivity index is 2.29. The van der Waals surface area contributed by atoms with Gasteiger partial charge < -0.3 is 29.8 Å². The summed E-state index contributed by atoms with van der Waals surface area (Å²) in [6.07, 6.45) is 2.87. The van der Waals surface area contributed by atoms with Crippen LogP contribution in [0.5, 0.6) is 17.2 Å². The van der Waals surface area contributed by atoms with Crippen molar-refractivity contribution in [2.45, 2.75) is 13.8 Å². The van der Waals surface area contributed by atoms with Gasteiger partial charge in [0, 0.05) is 18.2 Å². The molecular weight excluding hydrogens is 430 g/mol. The number of benzene rings is 2. The molecule has 0 saturated heterocycles. The third-order valence-corrected chi connectivity index (χ3v) is 4.14. The van der Waals surface area contributed by atoms with Gasteiger partial charge in [-0.2, -0.15) is 0 Å². The highest BCUT2D eigenvalue weighted by Crippen LogP contribution is 2.25. The lowest BCUT2D eigenvalue weighted by molar-refractivity contribution is -0.139. The Labute approximate surface area is 191 Å². The first-order valence-corrected chi connectivity index (χ1v) is 10.4. The van der Waals surface area contributed by atoms with E-state index < -0.39 is 18.5 Å². The van der Waals surface area contributed by atoms with Gasteiger partial charge in [-0.3, -0.25) is 4.79 Å². The van der Waals surface area contributed by atoms with Crippen LogP contribution < -0.4 is 19.9 Å². The Kier molecular flexibility index (Phi) is 9.91. The van der Waals surface area contributed by atoms with Gasteiger partial charge in [-0.05, 0) is 49.8 Å². The van der Waals surface area contributed by atoms with Crippen LogP contribution in [0.25, 0.3) is 6.08 Å². The summed E-state index contributed by atoms with van der Waals surface area (Å²) in [5.41, 5.74) is 6.41. The minimum Gasteiger partial charge on any atom is -0.494 e. The number of carbonyl (C=O) groups excluding carboxylic acids is 2. The molecule has 9 heteroatoms. The molecule has 0 fully saturated rings. The van der Waals surface area contributed by atoms with E-state index in [9.17, 15) is 14.4 Å². The predicted molar refractivity (Wildman–Crippen MR) is 121 cm³/mol. The lowest BCUT2D eigenvalue weighted by Crippen LogP contribution is -2.13. The van der Waals surface area contributed by atoms with Crippen LogP contribution >= 0.6 is 0 Å². The molecule has 0 amide bonds. The lowest BCUT2D eigenvalue weighted by Gasteiger charge is -2.11. The number of carboxylic acids is 1. The van der Waals surface area contributed by atoms with Gasteiger partial charge in [0.2, 0.25) is 0 Å². The van der Waals surface area contributed by atoms with Crippen LogP contribution in [-0.4, -0.2) is 55.8 Å². The lowest BCUT2D eigenvalue weighted by atomic mass is 10.1. The summed E-state index contributed by atoms with van der Waals surface area (Å²) in [6.45, 7) is 4.07. The Morgan fingerprint density at radius 3 is 2.33 bits per heavy atom. The normalized spacial score (nSPS) is 10.6. The molecule has 0 saturated carbocycles. The van der Waals surface area contributed by atoms with Crippen molar-refractivity contribution in [1.29, 1.82) is 0 Å². The van der Waals surface area contributed by atoms with Crippen LogP contribution in [-0.2, 0) is 9.53 Å². The van der Waals surface area contributed by atoms with Crippen LogP contribution in [0.4, 0.5) is 0 Å². The summed E-state index contributed by atoms with van der Waals surface area (Å²) in [7, 11) is 0. The predicted octanol–water partition coefficient (Wildman–Crippen LogP) is 2.96. The Hall–Kier alpha value is -3.85. The number of allylic oxidation sites excluding steroid dienone is 1. The standard InChI is InChI=1S/C24H27NO8/c1-3-30-18-12-17(13-19(14-18)32-10-9-25)21(26)7-5-16-6-8-22(33-15-23(27)28)20(11-16)24(29)31-4-2/h5-8,11-14H,3-4,9-10,15,25H2,1-2H3,(H,27,28)/b7-5+. The van der Waals surface area contributed by atoms with Crippen molar-refractivity contribution in [1.82, 2.24) is 0 Å². The third-order valence-electron chi connectivity index (χ3n) is 4.14. The minimum atomic E-state index is -1.18. The van der Waals surface area contributed by atoms with E-state index in [0.717, 1.165) is 0 Å². The molecule has 0 aliphatic rings. The average Bonchev–Trinajstić information content (AvgIpc) is 2.80. The zero-order chi connectivity index (χ0) is 24.2. The van der Waals surface area contributed by atoms with Crippen LogP contribution in [0.1, 0.15) is 40.1 Å². The number of ether oxygens (including phenoxy) is 4. The number of ketones is 1. The molecule has 176 valence electrons. The molecular formula is C24H27NO8. The van der Waals surface area contributed by atoms with E-state index in [1.165, 1.54) is 24.3 Å². The zero-order valence-electron chi connectivity index (χ0n) is 18.5. The van der Waals surface area contributed by atoms with E-state index >= 15 is 0 Å². The first-order valence-electron chi connectivity index (χ1n) is 10.4. The molecule has 2 aromatic carbocycles. The van der Waals surface area contributed by atoms with Crippen LogP contribution in [0.2, 0.25) is 0 Å². The quantitative estimate of drug-likeness (QED) is 0.264. The fourth-order valence-corrected chi connectivity index (χ4v) is 2.78. The number of rotatable bonds is 13. The molecule has 0 heterocycles. The average molecular weight is 457 g/mol. The summed E-state index contributed by atoms with van der Waals surface area (Å²) in [5.74, 6) is -1.11. The summed E-state index contributed by atoms with van der Waals surface area (Å²) in [5, 5.41) is 8.82. The van der Waals surface area contributed by atoms with Gasteiger partial charge in [-0.1, -0.05) is 12.1 Å². The van der Waals surface area contributed by atoms with Gasteiger partial charge in [-0.15, -0.1) is 0 Å². The molecule has 0 spiro atoms. The molecule has 2 rings (SSSR count). The van der Waals surface area contributed by atoms with Gasteiger partial charge in [-0.25, -0.2) is 9.59 Å². The van der Waals surface area contributed by atoms with Gasteiger partial charge in [0.25, 0.3) is 0 Å². The molecule has 0 radical (unpaired) electrons. The van der Waals surface area contributed by atoms with E-state index in [-0.39, 0.29) is 23.7 Å². The first kappa shape index (κ1) is 25.4. The fraction of sp³-hybridized carbons (Fsp3) is 0.292. The zero-order valence-corrected chi connectivity index (χ0v) is 18.5. The molecule has 0 bridgehead atoms. The van der Waals surface area contributed by atoms with E-state index in [1.54, 1.807) is 31.2 Å². The number of esters is 1. The molecule has 0 aromatic heterocycles. The van der Waals surface area contributed by atoms with Gasteiger partial charge in [0.15, 0.2) is 12.4 Å². The molecule has 0 aliphatic heterocycles. The van der Waals surface area contributed by atoms with E-state index in [4.69, 9.17) is 29.8 Å². The number of carboxylic acid groups (broad SMARTS) is 1. The second-order valence-electron chi connectivity index (χ2n) is 6.62. The Morgan fingerprint density at radius 2 is 1.70 bits per heavy atom. The first-order chi connectivity index (χ1) is 15.9. The third kappa shape index (κ3) is 7.97. The number of aliphatic carboxylic acids is 1. The van der Waals surface area contributed by atoms with Crippen molar-refractivity contribution >= 4 is 23.8 Å². The fourth-order valence-electron chi connectivity index (χ4n) is 2.78. The summed E-state index contributed by atoms with van der Waals surface area (Å²) in [4.78, 5) is 35.8.